The summed E-state index contributed by atoms with van der Waals surface area (Å²) in [6, 6.07) is 12.5. The molecule has 1 amide bonds. The molecular formula is C19H17N3O3S. The van der Waals surface area contributed by atoms with E-state index in [-0.39, 0.29) is 11.6 Å². The molecule has 0 aliphatic heterocycles. The number of nitrogens with one attached hydrogen (secondary N) is 1. The topological polar surface area (TPSA) is 85.1 Å². The summed E-state index contributed by atoms with van der Waals surface area (Å²) >= 11 is 1.20. The number of carbonyl (C=O) groups excluding carboxylic acids is 1. The highest BCUT2D eigenvalue weighted by molar-refractivity contribution is 7.22. The van der Waals surface area contributed by atoms with E-state index in [0.717, 1.165) is 5.56 Å². The molecule has 26 heavy (non-hydrogen) atoms. The van der Waals surface area contributed by atoms with Crippen LogP contribution in [0.15, 0.2) is 48.5 Å². The third-order valence-electron chi connectivity index (χ3n) is 3.84. The van der Waals surface area contributed by atoms with E-state index in [1.165, 1.54) is 35.1 Å². The van der Waals surface area contributed by atoms with Crippen molar-refractivity contribution < 1.29 is 9.72 Å². The minimum atomic E-state index is -0.454. The summed E-state index contributed by atoms with van der Waals surface area (Å²) in [5, 5.41) is 13.9. The lowest BCUT2D eigenvalue weighted by Crippen LogP contribution is -2.07. The van der Waals surface area contributed by atoms with Crippen molar-refractivity contribution in [1.29, 1.82) is 0 Å². The van der Waals surface area contributed by atoms with Crippen LogP contribution in [-0.4, -0.2) is 15.8 Å². The quantitative estimate of drug-likeness (QED) is 0.391. The Morgan fingerprint density at radius 2 is 1.96 bits per heavy atom. The van der Waals surface area contributed by atoms with Crippen molar-refractivity contribution in [2.45, 2.75) is 19.8 Å². The molecule has 0 aliphatic rings. The average molecular weight is 367 g/mol. The molecule has 0 radical (unpaired) electrons. The number of fused-ring (bicyclic) bond motifs is 1. The molecular weight excluding hydrogens is 350 g/mol. The Labute approximate surface area is 154 Å². The van der Waals surface area contributed by atoms with E-state index in [9.17, 15) is 14.9 Å². The van der Waals surface area contributed by atoms with Crippen molar-refractivity contribution in [1.82, 2.24) is 4.98 Å². The smallest absolute Gasteiger partial charge is 0.270 e. The standard InChI is InChI=1S/C19H17N3O3S/c1-12(2)14-6-3-13(4-7-14)5-10-18(23)21-19-20-16-9-8-15(22(24)25)11-17(16)26-19/h3-12H,1-2H3,(H,20,21,23). The first-order chi connectivity index (χ1) is 12.4. The van der Waals surface area contributed by atoms with Gasteiger partial charge in [-0.3, -0.25) is 20.2 Å². The van der Waals surface area contributed by atoms with Crippen molar-refractivity contribution in [2.75, 3.05) is 5.32 Å². The zero-order valence-corrected chi connectivity index (χ0v) is 15.1. The van der Waals surface area contributed by atoms with Crippen LogP contribution in [0.4, 0.5) is 10.8 Å². The lowest BCUT2D eigenvalue weighted by atomic mass is 10.0. The van der Waals surface area contributed by atoms with Gasteiger partial charge in [-0.15, -0.1) is 0 Å². The molecule has 2 aromatic carbocycles. The van der Waals surface area contributed by atoms with Crippen LogP contribution < -0.4 is 5.32 Å². The molecule has 3 rings (SSSR count). The predicted molar refractivity (Wildman–Crippen MR) is 104 cm³/mol. The Bertz CT molecular complexity index is 991. The van der Waals surface area contributed by atoms with Crippen molar-refractivity contribution in [3.05, 3.63) is 69.8 Å². The molecule has 1 aromatic heterocycles. The van der Waals surface area contributed by atoms with Crippen molar-refractivity contribution in [3.63, 3.8) is 0 Å². The van der Waals surface area contributed by atoms with Crippen LogP contribution in [-0.2, 0) is 4.79 Å². The lowest BCUT2D eigenvalue weighted by Gasteiger charge is -2.04. The number of benzene rings is 2. The molecule has 0 saturated carbocycles. The zero-order valence-electron chi connectivity index (χ0n) is 14.3. The van der Waals surface area contributed by atoms with Crippen molar-refractivity contribution in [2.24, 2.45) is 0 Å². The van der Waals surface area contributed by atoms with Gasteiger partial charge in [0, 0.05) is 18.2 Å². The Morgan fingerprint density at radius 1 is 1.23 bits per heavy atom. The minimum absolute atomic E-state index is 0.00349. The van der Waals surface area contributed by atoms with Crippen LogP contribution in [0.5, 0.6) is 0 Å². The zero-order chi connectivity index (χ0) is 18.7. The number of carbonyl (C=O) groups is 1. The summed E-state index contributed by atoms with van der Waals surface area (Å²) in [4.78, 5) is 26.7. The number of nitro groups is 1. The average Bonchev–Trinajstić information content (AvgIpc) is 3.01. The van der Waals surface area contributed by atoms with Gasteiger partial charge in [0.05, 0.1) is 15.1 Å². The molecule has 1 N–H and O–H groups in total. The SMILES string of the molecule is CC(C)c1ccc(C=CC(=O)Nc2nc3ccc([N+](=O)[O-])cc3s2)cc1. The van der Waals surface area contributed by atoms with E-state index in [4.69, 9.17) is 0 Å². The van der Waals surface area contributed by atoms with Gasteiger partial charge < -0.3 is 0 Å². The number of hydrogen-bond acceptors (Lipinski definition) is 5. The number of aromatic nitrogens is 1. The molecule has 0 saturated heterocycles. The van der Waals surface area contributed by atoms with Gasteiger partial charge in [-0.25, -0.2) is 4.98 Å². The monoisotopic (exact) mass is 367 g/mol. The number of nitrogens with zero attached hydrogens (tertiary/aromatic N) is 2. The largest absolute Gasteiger partial charge is 0.298 e. The molecule has 3 aromatic rings. The van der Waals surface area contributed by atoms with E-state index in [2.05, 4.69) is 24.1 Å². The lowest BCUT2D eigenvalue weighted by molar-refractivity contribution is -0.384. The van der Waals surface area contributed by atoms with Crippen LogP contribution in [0, 0.1) is 10.1 Å². The summed E-state index contributed by atoms with van der Waals surface area (Å²) in [5.41, 5.74) is 2.80. The summed E-state index contributed by atoms with van der Waals surface area (Å²) < 4.78 is 0.655. The van der Waals surface area contributed by atoms with E-state index in [1.807, 2.05) is 24.3 Å². The van der Waals surface area contributed by atoms with E-state index in [0.29, 0.717) is 21.3 Å². The molecule has 0 bridgehead atoms. The molecule has 0 fully saturated rings. The molecule has 6 nitrogen and oxygen atoms in total. The number of non-ortho nitro benzene ring substituents is 1. The number of amides is 1. The first-order valence-electron chi connectivity index (χ1n) is 8.06. The van der Waals surface area contributed by atoms with E-state index >= 15 is 0 Å². The molecule has 0 atom stereocenters. The maximum absolute atomic E-state index is 12.1. The number of thiazole rings is 1. The van der Waals surface area contributed by atoms with Gasteiger partial charge in [0.15, 0.2) is 5.13 Å². The number of rotatable bonds is 5. The van der Waals surface area contributed by atoms with E-state index < -0.39 is 4.92 Å². The first kappa shape index (κ1) is 17.8. The van der Waals surface area contributed by atoms with Gasteiger partial charge in [0.2, 0.25) is 5.91 Å². The van der Waals surface area contributed by atoms with Gasteiger partial charge in [-0.1, -0.05) is 49.4 Å². The fraction of sp³-hybridized carbons (Fsp3) is 0.158. The highest BCUT2D eigenvalue weighted by atomic mass is 32.1. The van der Waals surface area contributed by atoms with Gasteiger partial charge in [-0.2, -0.15) is 0 Å². The highest BCUT2D eigenvalue weighted by Crippen LogP contribution is 2.29. The molecule has 0 spiro atoms. The van der Waals surface area contributed by atoms with Crippen LogP contribution >= 0.6 is 11.3 Å². The second kappa shape index (κ2) is 7.45. The van der Waals surface area contributed by atoms with E-state index in [1.54, 1.807) is 12.1 Å². The van der Waals surface area contributed by atoms with Gasteiger partial charge in [0.1, 0.15) is 0 Å². The number of hydrogen-bond donors (Lipinski definition) is 1. The minimum Gasteiger partial charge on any atom is -0.298 e. The maximum atomic E-state index is 12.1. The Kier molecular flexibility index (Phi) is 5.09. The third kappa shape index (κ3) is 4.12. The third-order valence-corrected chi connectivity index (χ3v) is 4.78. The summed E-state index contributed by atoms with van der Waals surface area (Å²) in [6.07, 6.45) is 3.18. The molecule has 132 valence electrons. The van der Waals surface area contributed by atoms with Crippen LogP contribution in [0.2, 0.25) is 0 Å². The normalized spacial score (nSPS) is 11.3. The van der Waals surface area contributed by atoms with Crippen molar-refractivity contribution >= 4 is 44.4 Å². The maximum Gasteiger partial charge on any atom is 0.270 e. The second-order valence-corrected chi connectivity index (χ2v) is 7.10. The molecule has 1 heterocycles. The molecule has 0 aliphatic carbocycles. The highest BCUT2D eigenvalue weighted by Gasteiger charge is 2.11. The molecule has 7 heteroatoms. The first-order valence-corrected chi connectivity index (χ1v) is 8.88. The van der Waals surface area contributed by atoms with Gasteiger partial charge in [-0.05, 0) is 29.2 Å². The Morgan fingerprint density at radius 3 is 2.62 bits per heavy atom. The number of nitro benzene ring substituents is 1. The van der Waals surface area contributed by atoms with Gasteiger partial charge in [0.25, 0.3) is 5.69 Å². The Hall–Kier alpha value is -3.06. The Balaban J connectivity index is 1.69. The summed E-state index contributed by atoms with van der Waals surface area (Å²) in [6.45, 7) is 4.26. The number of anilines is 1. The molecule has 0 unspecified atom stereocenters. The fourth-order valence-corrected chi connectivity index (χ4v) is 3.29. The van der Waals surface area contributed by atoms with Crippen LogP contribution in [0.1, 0.15) is 30.9 Å². The van der Waals surface area contributed by atoms with Crippen LogP contribution in [0.3, 0.4) is 0 Å². The summed E-state index contributed by atoms with van der Waals surface area (Å²) in [7, 11) is 0. The predicted octanol–water partition coefficient (Wildman–Crippen LogP) is 4.98. The van der Waals surface area contributed by atoms with Gasteiger partial charge >= 0.3 is 0 Å². The summed E-state index contributed by atoms with van der Waals surface area (Å²) in [5.74, 6) is 0.165. The second-order valence-electron chi connectivity index (χ2n) is 6.07. The van der Waals surface area contributed by atoms with Crippen molar-refractivity contribution in [3.8, 4) is 0 Å². The van der Waals surface area contributed by atoms with Crippen LogP contribution in [0.25, 0.3) is 16.3 Å². The fourth-order valence-electron chi connectivity index (χ4n) is 2.39.